The molecule has 1 aromatic carbocycles. The first-order valence-corrected chi connectivity index (χ1v) is 6.85. The third kappa shape index (κ3) is 7.55. The van der Waals surface area contributed by atoms with Crippen LogP contribution in [0.5, 0.6) is 0 Å². The number of aliphatic hydroxyl groups excluding tert-OH is 1. The molecule has 0 amide bonds. The molecule has 0 spiro atoms. The van der Waals surface area contributed by atoms with E-state index in [0.717, 1.165) is 12.0 Å². The summed E-state index contributed by atoms with van der Waals surface area (Å²) < 4.78 is 23.3. The molecule has 0 radical (unpaired) electrons. The molecular formula is C15H24FNO3. The van der Waals surface area contributed by atoms with E-state index in [4.69, 9.17) is 9.47 Å². The predicted molar refractivity (Wildman–Crippen MR) is 76.3 cm³/mol. The van der Waals surface area contributed by atoms with Crippen molar-refractivity contribution in [2.75, 3.05) is 33.4 Å². The van der Waals surface area contributed by atoms with Gasteiger partial charge in [0.15, 0.2) is 0 Å². The third-order valence-electron chi connectivity index (χ3n) is 2.83. The number of halogens is 1. The Morgan fingerprint density at radius 3 is 2.85 bits per heavy atom. The smallest absolute Gasteiger partial charge is 0.123 e. The summed E-state index contributed by atoms with van der Waals surface area (Å²) in [6.45, 7) is 3.83. The Morgan fingerprint density at radius 2 is 2.15 bits per heavy atom. The quantitative estimate of drug-likeness (QED) is 0.638. The predicted octanol–water partition coefficient (Wildman–Crippen LogP) is 1.37. The van der Waals surface area contributed by atoms with Gasteiger partial charge in [-0.2, -0.15) is 0 Å². The Morgan fingerprint density at radius 1 is 1.35 bits per heavy atom. The molecule has 0 aliphatic rings. The fourth-order valence-corrected chi connectivity index (χ4v) is 1.81. The van der Waals surface area contributed by atoms with Gasteiger partial charge in [-0.1, -0.05) is 12.1 Å². The average Bonchev–Trinajstić information content (AvgIpc) is 2.42. The van der Waals surface area contributed by atoms with Gasteiger partial charge in [-0.05, 0) is 37.6 Å². The highest BCUT2D eigenvalue weighted by Gasteiger charge is 2.07. The zero-order valence-corrected chi connectivity index (χ0v) is 12.1. The molecule has 5 heteroatoms. The lowest BCUT2D eigenvalue weighted by Gasteiger charge is -2.16. The molecule has 0 bridgehead atoms. The number of benzene rings is 1. The summed E-state index contributed by atoms with van der Waals surface area (Å²) in [4.78, 5) is 0. The first-order valence-electron chi connectivity index (χ1n) is 6.85. The molecule has 0 heterocycles. The van der Waals surface area contributed by atoms with Gasteiger partial charge in [0.1, 0.15) is 5.82 Å². The first kappa shape index (κ1) is 17.0. The summed E-state index contributed by atoms with van der Waals surface area (Å²) in [6, 6.07) is 6.54. The topological polar surface area (TPSA) is 50.7 Å². The van der Waals surface area contributed by atoms with Crippen molar-refractivity contribution in [2.45, 2.75) is 25.6 Å². The van der Waals surface area contributed by atoms with E-state index < -0.39 is 6.10 Å². The second-order valence-electron chi connectivity index (χ2n) is 4.84. The lowest BCUT2D eigenvalue weighted by atomic mass is 10.1. The van der Waals surface area contributed by atoms with Crippen molar-refractivity contribution in [3.63, 3.8) is 0 Å². The molecule has 0 aromatic heterocycles. The van der Waals surface area contributed by atoms with Gasteiger partial charge in [0, 0.05) is 13.7 Å². The summed E-state index contributed by atoms with van der Waals surface area (Å²) in [5, 5.41) is 12.8. The Kier molecular flexibility index (Phi) is 8.37. The Bertz CT molecular complexity index is 376. The number of aliphatic hydroxyl groups is 1. The average molecular weight is 285 g/mol. The van der Waals surface area contributed by atoms with E-state index >= 15 is 0 Å². The van der Waals surface area contributed by atoms with Crippen LogP contribution in [0.1, 0.15) is 12.5 Å². The highest BCUT2D eigenvalue weighted by Crippen LogP contribution is 2.03. The van der Waals surface area contributed by atoms with Gasteiger partial charge in [-0.15, -0.1) is 0 Å². The van der Waals surface area contributed by atoms with Crippen LogP contribution >= 0.6 is 0 Å². The van der Waals surface area contributed by atoms with Crippen molar-refractivity contribution in [1.82, 2.24) is 5.32 Å². The second-order valence-corrected chi connectivity index (χ2v) is 4.84. The van der Waals surface area contributed by atoms with Crippen molar-refractivity contribution in [3.05, 3.63) is 35.6 Å². The van der Waals surface area contributed by atoms with Gasteiger partial charge in [0.2, 0.25) is 0 Å². The number of hydrogen-bond acceptors (Lipinski definition) is 4. The maximum atomic E-state index is 13.0. The number of rotatable bonds is 10. The minimum Gasteiger partial charge on any atom is -0.389 e. The minimum absolute atomic E-state index is 0.0260. The summed E-state index contributed by atoms with van der Waals surface area (Å²) in [6.07, 6.45) is 0.148. The standard InChI is InChI=1S/C15H24FNO3/c1-12(10-19-2)20-11-15(18)9-17-7-6-13-4-3-5-14(16)8-13/h3-5,8,12,15,17-18H,6-7,9-11H2,1-2H3. The Balaban J connectivity index is 2.08. The molecule has 1 rings (SSSR count). The molecule has 2 unspecified atom stereocenters. The lowest BCUT2D eigenvalue weighted by molar-refractivity contribution is -0.0310. The molecule has 0 saturated carbocycles. The third-order valence-corrected chi connectivity index (χ3v) is 2.83. The molecular weight excluding hydrogens is 261 g/mol. The van der Waals surface area contributed by atoms with Crippen LogP contribution in [0.15, 0.2) is 24.3 Å². The van der Waals surface area contributed by atoms with Crippen LogP contribution in [0.3, 0.4) is 0 Å². The summed E-state index contributed by atoms with van der Waals surface area (Å²) in [5.74, 6) is -0.219. The van der Waals surface area contributed by atoms with Crippen LogP contribution in [-0.2, 0) is 15.9 Å². The van der Waals surface area contributed by atoms with E-state index in [9.17, 15) is 9.50 Å². The number of hydrogen-bond donors (Lipinski definition) is 2. The largest absolute Gasteiger partial charge is 0.389 e. The summed E-state index contributed by atoms with van der Waals surface area (Å²) in [5.41, 5.74) is 0.942. The molecule has 2 atom stereocenters. The number of nitrogens with one attached hydrogen (secondary N) is 1. The van der Waals surface area contributed by atoms with Gasteiger partial charge >= 0.3 is 0 Å². The fraction of sp³-hybridized carbons (Fsp3) is 0.600. The van der Waals surface area contributed by atoms with Crippen molar-refractivity contribution in [1.29, 1.82) is 0 Å². The lowest BCUT2D eigenvalue weighted by Crippen LogP contribution is -2.33. The van der Waals surface area contributed by atoms with E-state index in [0.29, 0.717) is 19.7 Å². The van der Waals surface area contributed by atoms with E-state index in [1.807, 2.05) is 13.0 Å². The van der Waals surface area contributed by atoms with Crippen LogP contribution < -0.4 is 5.32 Å². The maximum Gasteiger partial charge on any atom is 0.123 e. The molecule has 0 fully saturated rings. The van der Waals surface area contributed by atoms with E-state index in [-0.39, 0.29) is 18.5 Å². The van der Waals surface area contributed by atoms with Crippen molar-refractivity contribution in [3.8, 4) is 0 Å². The number of methoxy groups -OCH3 is 1. The Labute approximate surface area is 119 Å². The molecule has 0 saturated heterocycles. The SMILES string of the molecule is COCC(C)OCC(O)CNCCc1cccc(F)c1. The van der Waals surface area contributed by atoms with Crippen LogP contribution in [-0.4, -0.2) is 50.7 Å². The summed E-state index contributed by atoms with van der Waals surface area (Å²) in [7, 11) is 1.62. The van der Waals surface area contributed by atoms with Gasteiger partial charge in [0.05, 0.1) is 25.4 Å². The zero-order valence-electron chi connectivity index (χ0n) is 12.1. The summed E-state index contributed by atoms with van der Waals surface area (Å²) >= 11 is 0. The molecule has 0 aliphatic carbocycles. The molecule has 114 valence electrons. The van der Waals surface area contributed by atoms with Gasteiger partial charge in [0.25, 0.3) is 0 Å². The molecule has 4 nitrogen and oxygen atoms in total. The van der Waals surface area contributed by atoms with E-state index in [1.165, 1.54) is 12.1 Å². The van der Waals surface area contributed by atoms with Crippen LogP contribution in [0.25, 0.3) is 0 Å². The van der Waals surface area contributed by atoms with Crippen LogP contribution in [0.4, 0.5) is 4.39 Å². The molecule has 0 aliphatic heterocycles. The monoisotopic (exact) mass is 285 g/mol. The van der Waals surface area contributed by atoms with Gasteiger partial charge in [-0.25, -0.2) is 4.39 Å². The normalized spacial score (nSPS) is 14.2. The van der Waals surface area contributed by atoms with Crippen LogP contribution in [0, 0.1) is 5.82 Å². The molecule has 1 aromatic rings. The second kappa shape index (κ2) is 9.83. The minimum atomic E-state index is -0.554. The first-order chi connectivity index (χ1) is 9.61. The van der Waals surface area contributed by atoms with Crippen molar-refractivity contribution < 1.29 is 19.0 Å². The van der Waals surface area contributed by atoms with Gasteiger partial charge < -0.3 is 19.9 Å². The van der Waals surface area contributed by atoms with E-state index in [2.05, 4.69) is 5.32 Å². The molecule has 2 N–H and O–H groups in total. The van der Waals surface area contributed by atoms with Crippen molar-refractivity contribution >= 4 is 0 Å². The van der Waals surface area contributed by atoms with Crippen LogP contribution in [0.2, 0.25) is 0 Å². The Hall–Kier alpha value is -1.01. The number of ether oxygens (including phenoxy) is 2. The zero-order chi connectivity index (χ0) is 14.8. The van der Waals surface area contributed by atoms with Crippen molar-refractivity contribution in [2.24, 2.45) is 0 Å². The van der Waals surface area contributed by atoms with Gasteiger partial charge in [-0.3, -0.25) is 0 Å². The highest BCUT2D eigenvalue weighted by molar-refractivity contribution is 5.16. The fourth-order valence-electron chi connectivity index (χ4n) is 1.81. The highest BCUT2D eigenvalue weighted by atomic mass is 19.1. The van der Waals surface area contributed by atoms with E-state index in [1.54, 1.807) is 13.2 Å². The molecule has 20 heavy (non-hydrogen) atoms. The maximum absolute atomic E-state index is 13.0.